The molecule has 0 atom stereocenters. The zero-order chi connectivity index (χ0) is 13.3. The van der Waals surface area contributed by atoms with Gasteiger partial charge in [0, 0.05) is 18.6 Å². The van der Waals surface area contributed by atoms with Gasteiger partial charge in [-0.3, -0.25) is 9.78 Å². The Kier molecular flexibility index (Phi) is 4.58. The number of hydrogen-bond acceptors (Lipinski definition) is 3. The molecule has 1 N–H and O–H groups in total. The van der Waals surface area contributed by atoms with Gasteiger partial charge in [0.1, 0.15) is 0 Å². The molecule has 4 nitrogen and oxygen atoms in total. The molecule has 1 aromatic carbocycles. The number of carbonyl (C=O) groups is 1. The van der Waals surface area contributed by atoms with E-state index in [0.29, 0.717) is 5.56 Å². The van der Waals surface area contributed by atoms with E-state index in [2.05, 4.69) is 15.5 Å². The van der Waals surface area contributed by atoms with Crippen molar-refractivity contribution in [3.63, 3.8) is 0 Å². The highest BCUT2D eigenvalue weighted by molar-refractivity contribution is 5.94. The van der Waals surface area contributed by atoms with Gasteiger partial charge in [-0.1, -0.05) is 36.4 Å². The molecule has 2 aromatic rings. The minimum Gasteiger partial charge on any atom is -0.267 e. The highest BCUT2D eigenvalue weighted by Gasteiger charge is 2.01. The average Bonchev–Trinajstić information content (AvgIpc) is 2.49. The van der Waals surface area contributed by atoms with Crippen molar-refractivity contribution in [2.24, 2.45) is 5.10 Å². The fourth-order valence-corrected chi connectivity index (χ4v) is 1.42. The van der Waals surface area contributed by atoms with E-state index < -0.39 is 0 Å². The topological polar surface area (TPSA) is 54.4 Å². The minimum atomic E-state index is -0.280. The van der Waals surface area contributed by atoms with Crippen LogP contribution in [0.1, 0.15) is 15.9 Å². The number of aromatic nitrogens is 1. The van der Waals surface area contributed by atoms with Crippen molar-refractivity contribution in [3.05, 3.63) is 72.1 Å². The quantitative estimate of drug-likeness (QED) is 0.670. The highest BCUT2D eigenvalue weighted by Crippen LogP contribution is 1.99. The maximum atomic E-state index is 11.6. The molecule has 94 valence electrons. The summed E-state index contributed by atoms with van der Waals surface area (Å²) in [6.07, 6.45) is 8.30. The van der Waals surface area contributed by atoms with E-state index in [1.807, 2.05) is 36.4 Å². The lowest BCUT2D eigenvalue weighted by atomic mass is 10.2. The number of hydrazone groups is 1. The third kappa shape index (κ3) is 4.20. The van der Waals surface area contributed by atoms with E-state index in [0.717, 1.165) is 5.56 Å². The van der Waals surface area contributed by atoms with Crippen LogP contribution in [0.3, 0.4) is 0 Å². The van der Waals surface area contributed by atoms with E-state index in [1.165, 1.54) is 12.4 Å². The first kappa shape index (κ1) is 12.7. The van der Waals surface area contributed by atoms with Gasteiger partial charge in [0.2, 0.25) is 0 Å². The molecule has 0 radical (unpaired) electrons. The lowest BCUT2D eigenvalue weighted by Crippen LogP contribution is -2.17. The van der Waals surface area contributed by atoms with Crippen LogP contribution in [0.5, 0.6) is 0 Å². The molecule has 1 heterocycles. The van der Waals surface area contributed by atoms with Crippen molar-refractivity contribution in [1.29, 1.82) is 0 Å². The van der Waals surface area contributed by atoms with Crippen LogP contribution >= 0.6 is 0 Å². The molecule has 0 saturated carbocycles. The Balaban J connectivity index is 1.84. The maximum Gasteiger partial charge on any atom is 0.272 e. The van der Waals surface area contributed by atoms with Crippen LogP contribution in [0.25, 0.3) is 6.08 Å². The van der Waals surface area contributed by atoms with Crippen LogP contribution in [0.4, 0.5) is 0 Å². The number of benzene rings is 1. The van der Waals surface area contributed by atoms with Crippen LogP contribution < -0.4 is 5.43 Å². The summed E-state index contributed by atoms with van der Waals surface area (Å²) in [4.78, 5) is 15.5. The van der Waals surface area contributed by atoms with Gasteiger partial charge in [0.15, 0.2) is 0 Å². The molecule has 0 unspecified atom stereocenters. The van der Waals surface area contributed by atoms with E-state index in [4.69, 9.17) is 0 Å². The average molecular weight is 251 g/mol. The lowest BCUT2D eigenvalue weighted by molar-refractivity contribution is 0.0955. The van der Waals surface area contributed by atoms with E-state index in [1.54, 1.807) is 24.4 Å². The van der Waals surface area contributed by atoms with E-state index >= 15 is 0 Å². The fraction of sp³-hybridized carbons (Fsp3) is 0. The minimum absolute atomic E-state index is 0.280. The molecule has 0 bridgehead atoms. The Morgan fingerprint density at radius 3 is 2.74 bits per heavy atom. The van der Waals surface area contributed by atoms with Gasteiger partial charge < -0.3 is 0 Å². The Bertz CT molecular complexity index is 577. The number of carbonyl (C=O) groups excluding carboxylic acids is 1. The molecule has 1 amide bonds. The molecule has 0 aliphatic rings. The second kappa shape index (κ2) is 6.86. The molecular formula is C15H13N3O. The van der Waals surface area contributed by atoms with Crippen LogP contribution in [0.2, 0.25) is 0 Å². The molecule has 0 saturated heterocycles. The molecule has 2 rings (SSSR count). The third-order valence-corrected chi connectivity index (χ3v) is 2.34. The summed E-state index contributed by atoms with van der Waals surface area (Å²) in [6, 6.07) is 13.2. The molecule has 4 heteroatoms. The first-order valence-corrected chi connectivity index (χ1v) is 5.81. The largest absolute Gasteiger partial charge is 0.272 e. The summed E-state index contributed by atoms with van der Waals surface area (Å²) in [5.74, 6) is -0.280. The van der Waals surface area contributed by atoms with E-state index in [9.17, 15) is 4.79 Å². The van der Waals surface area contributed by atoms with Gasteiger partial charge in [-0.15, -0.1) is 0 Å². The predicted molar refractivity (Wildman–Crippen MR) is 75.7 cm³/mol. The van der Waals surface area contributed by atoms with Crippen LogP contribution in [0.15, 0.2) is 66.0 Å². The van der Waals surface area contributed by atoms with Crippen LogP contribution in [-0.2, 0) is 0 Å². The second-order valence-corrected chi connectivity index (χ2v) is 3.73. The molecular weight excluding hydrogens is 238 g/mol. The van der Waals surface area contributed by atoms with Crippen molar-refractivity contribution in [1.82, 2.24) is 10.4 Å². The van der Waals surface area contributed by atoms with Crippen LogP contribution in [0, 0.1) is 0 Å². The Labute approximate surface area is 111 Å². The summed E-state index contributed by atoms with van der Waals surface area (Å²) in [7, 11) is 0. The van der Waals surface area contributed by atoms with E-state index in [-0.39, 0.29) is 5.91 Å². The van der Waals surface area contributed by atoms with Crippen LogP contribution in [-0.4, -0.2) is 17.1 Å². The second-order valence-electron chi connectivity index (χ2n) is 3.73. The molecule has 0 aliphatic carbocycles. The Morgan fingerprint density at radius 1 is 1.16 bits per heavy atom. The molecule has 0 spiro atoms. The van der Waals surface area contributed by atoms with Gasteiger partial charge in [-0.05, 0) is 23.8 Å². The summed E-state index contributed by atoms with van der Waals surface area (Å²) in [5, 5.41) is 3.82. The van der Waals surface area contributed by atoms with Gasteiger partial charge in [0.25, 0.3) is 5.91 Å². The van der Waals surface area contributed by atoms with Gasteiger partial charge in [-0.25, -0.2) is 5.43 Å². The van der Waals surface area contributed by atoms with Crippen molar-refractivity contribution in [3.8, 4) is 0 Å². The van der Waals surface area contributed by atoms with Crippen molar-refractivity contribution in [2.45, 2.75) is 0 Å². The maximum absolute atomic E-state index is 11.6. The molecule has 0 fully saturated rings. The molecule has 19 heavy (non-hydrogen) atoms. The normalized spacial score (nSPS) is 10.9. The highest BCUT2D eigenvalue weighted by atomic mass is 16.2. The van der Waals surface area contributed by atoms with Crippen molar-refractivity contribution < 1.29 is 4.79 Å². The molecule has 0 aliphatic heterocycles. The van der Waals surface area contributed by atoms with Crippen molar-refractivity contribution in [2.75, 3.05) is 0 Å². The van der Waals surface area contributed by atoms with Gasteiger partial charge in [0.05, 0.1) is 5.56 Å². The Morgan fingerprint density at radius 2 is 2.00 bits per heavy atom. The summed E-state index contributed by atoms with van der Waals surface area (Å²) in [5.41, 5.74) is 3.98. The number of nitrogens with zero attached hydrogens (tertiary/aromatic N) is 2. The van der Waals surface area contributed by atoms with Gasteiger partial charge in [-0.2, -0.15) is 5.10 Å². The smallest absolute Gasteiger partial charge is 0.267 e. The zero-order valence-corrected chi connectivity index (χ0v) is 10.2. The summed E-state index contributed by atoms with van der Waals surface area (Å²) >= 11 is 0. The number of amides is 1. The number of nitrogens with one attached hydrogen (secondary N) is 1. The molecule has 1 aromatic heterocycles. The number of rotatable bonds is 4. The van der Waals surface area contributed by atoms with Gasteiger partial charge >= 0.3 is 0 Å². The third-order valence-electron chi connectivity index (χ3n) is 2.34. The Hall–Kier alpha value is -2.75. The number of hydrogen-bond donors (Lipinski definition) is 1. The summed E-state index contributed by atoms with van der Waals surface area (Å²) in [6.45, 7) is 0. The monoisotopic (exact) mass is 251 g/mol. The standard InChI is InChI=1S/C15H13N3O/c19-15(14-9-5-10-16-12-14)18-17-11-4-8-13-6-2-1-3-7-13/h1-12H,(H,18,19). The lowest BCUT2D eigenvalue weighted by Gasteiger charge is -1.96. The first-order chi connectivity index (χ1) is 9.36. The zero-order valence-electron chi connectivity index (χ0n) is 10.2. The SMILES string of the molecule is O=C(NN=CC=Cc1ccccc1)c1cccnc1. The van der Waals surface area contributed by atoms with Crippen molar-refractivity contribution >= 4 is 18.2 Å². The number of allylic oxidation sites excluding steroid dienone is 1. The fourth-order valence-electron chi connectivity index (χ4n) is 1.42. The summed E-state index contributed by atoms with van der Waals surface area (Å²) < 4.78 is 0. The predicted octanol–water partition coefficient (Wildman–Crippen LogP) is 2.51. The first-order valence-electron chi connectivity index (χ1n) is 5.81. The number of pyridine rings is 1.